The topological polar surface area (TPSA) is 126 Å². The van der Waals surface area contributed by atoms with Crippen LogP contribution in [0.5, 0.6) is 11.5 Å². The molecule has 1 atom stereocenters. The third-order valence-corrected chi connectivity index (χ3v) is 7.61. The fourth-order valence-electron chi connectivity index (χ4n) is 5.18. The minimum absolute atomic E-state index is 0.0134. The number of nitrogens with zero attached hydrogens (tertiary/aromatic N) is 1. The van der Waals surface area contributed by atoms with E-state index in [9.17, 15) is 19.1 Å². The van der Waals surface area contributed by atoms with Gasteiger partial charge in [-0.1, -0.05) is 0 Å². The Kier molecular flexibility index (Phi) is 7.74. The van der Waals surface area contributed by atoms with Gasteiger partial charge in [0.25, 0.3) is 5.91 Å². The summed E-state index contributed by atoms with van der Waals surface area (Å²) in [6, 6.07) is 4.71. The van der Waals surface area contributed by atoms with Gasteiger partial charge in [0, 0.05) is 41.2 Å². The third kappa shape index (κ3) is 5.85. The van der Waals surface area contributed by atoms with Crippen molar-refractivity contribution in [1.29, 1.82) is 0 Å². The maximum absolute atomic E-state index is 14.8. The molecule has 5 rings (SSSR count). The number of carbonyl (C=O) groups excluding carboxylic acids is 2. The number of hydrogen-bond acceptors (Lipinski definition) is 6. The van der Waals surface area contributed by atoms with Crippen molar-refractivity contribution in [3.8, 4) is 22.6 Å². The van der Waals surface area contributed by atoms with Gasteiger partial charge >= 0.3 is 0 Å². The maximum atomic E-state index is 14.8. The molecule has 0 unspecified atom stereocenters. The molecule has 0 saturated heterocycles. The number of methoxy groups -OCH3 is 1. The normalized spacial score (nSPS) is 19.9. The second kappa shape index (κ2) is 11.2. The first-order chi connectivity index (χ1) is 18.7. The van der Waals surface area contributed by atoms with E-state index in [-0.39, 0.29) is 29.6 Å². The number of amides is 2. The van der Waals surface area contributed by atoms with Gasteiger partial charge in [0.05, 0.1) is 24.8 Å². The molecule has 1 aromatic carbocycles. The summed E-state index contributed by atoms with van der Waals surface area (Å²) in [5.74, 6) is 0.0300. The van der Waals surface area contributed by atoms with Crippen LogP contribution in [0.1, 0.15) is 61.5 Å². The summed E-state index contributed by atoms with van der Waals surface area (Å²) in [5.41, 5.74) is 3.49. The van der Waals surface area contributed by atoms with Crippen molar-refractivity contribution in [3.63, 3.8) is 0 Å². The zero-order valence-corrected chi connectivity index (χ0v) is 22.5. The lowest BCUT2D eigenvalue weighted by Gasteiger charge is -2.30. The minimum atomic E-state index is -1.04. The third-order valence-electron chi connectivity index (χ3n) is 7.61. The van der Waals surface area contributed by atoms with Crippen molar-refractivity contribution in [1.82, 2.24) is 20.6 Å². The van der Waals surface area contributed by atoms with Crippen LogP contribution in [-0.4, -0.2) is 58.8 Å². The average molecular weight is 539 g/mol. The first-order valence-corrected chi connectivity index (χ1v) is 13.5. The number of aliphatic hydroxyl groups is 1. The number of aliphatic hydroxyl groups excluding tert-OH is 1. The van der Waals surface area contributed by atoms with Crippen molar-refractivity contribution in [2.24, 2.45) is 5.92 Å². The lowest BCUT2D eigenvalue weighted by atomic mass is 9.90. The molecule has 0 radical (unpaired) electrons. The molecule has 2 amide bonds. The fourth-order valence-corrected chi connectivity index (χ4v) is 5.18. The molecule has 2 aromatic heterocycles. The second-order valence-corrected chi connectivity index (χ2v) is 10.7. The first-order valence-electron chi connectivity index (χ1n) is 13.5. The second-order valence-electron chi connectivity index (χ2n) is 10.7. The smallest absolute Gasteiger partial charge is 0.255 e. The molecule has 9 nitrogen and oxygen atoms in total. The number of H-pyrrole nitrogens is 1. The van der Waals surface area contributed by atoms with Gasteiger partial charge in [0.15, 0.2) is 11.6 Å². The molecule has 2 fully saturated rings. The van der Waals surface area contributed by atoms with E-state index in [0.29, 0.717) is 77.4 Å². The summed E-state index contributed by atoms with van der Waals surface area (Å²) in [4.78, 5) is 33.0. The summed E-state index contributed by atoms with van der Waals surface area (Å²) in [7, 11) is 1.42. The van der Waals surface area contributed by atoms with E-state index in [4.69, 9.17) is 9.47 Å². The number of halogens is 1. The quantitative estimate of drug-likeness (QED) is 0.326. The van der Waals surface area contributed by atoms with Crippen LogP contribution >= 0.6 is 0 Å². The van der Waals surface area contributed by atoms with E-state index < -0.39 is 11.9 Å². The summed E-state index contributed by atoms with van der Waals surface area (Å²) < 4.78 is 26.1. The van der Waals surface area contributed by atoms with Gasteiger partial charge in [-0.3, -0.25) is 14.6 Å². The van der Waals surface area contributed by atoms with Crippen LogP contribution in [-0.2, 0) is 4.79 Å². The lowest BCUT2D eigenvalue weighted by Crippen LogP contribution is -2.46. The molecule has 0 spiro atoms. The van der Waals surface area contributed by atoms with Crippen LogP contribution < -0.4 is 20.1 Å². The Bertz CT molecular complexity index is 1380. The number of benzene rings is 1. The predicted molar refractivity (Wildman–Crippen MR) is 144 cm³/mol. The molecule has 3 aromatic rings. The molecular weight excluding hydrogens is 503 g/mol. The molecule has 2 aliphatic rings. The Morgan fingerprint density at radius 2 is 1.79 bits per heavy atom. The first kappa shape index (κ1) is 26.9. The van der Waals surface area contributed by atoms with Crippen LogP contribution in [0, 0.1) is 18.7 Å². The lowest BCUT2D eigenvalue weighted by molar-refractivity contribution is -0.129. The molecule has 2 saturated carbocycles. The number of aromatic amines is 1. The number of carbonyl (C=O) groups is 2. The maximum Gasteiger partial charge on any atom is 0.255 e. The van der Waals surface area contributed by atoms with E-state index in [1.165, 1.54) is 20.1 Å². The molecule has 10 heteroatoms. The predicted octanol–water partition coefficient (Wildman–Crippen LogP) is 4.01. The summed E-state index contributed by atoms with van der Waals surface area (Å²) in [5, 5.41) is 15.4. The number of nitrogens with one attached hydrogen (secondary N) is 3. The number of rotatable bonds is 9. The minimum Gasteiger partial charge on any atom is -0.494 e. The van der Waals surface area contributed by atoms with Crippen LogP contribution in [0.2, 0.25) is 0 Å². The van der Waals surface area contributed by atoms with Crippen molar-refractivity contribution in [2.45, 2.75) is 70.6 Å². The molecule has 2 heterocycles. The number of hydrogen-bond donors (Lipinski definition) is 4. The van der Waals surface area contributed by atoms with Crippen molar-refractivity contribution >= 4 is 22.8 Å². The number of fused-ring (bicyclic) bond motifs is 1. The number of aryl methyl sites for hydroxylation is 1. The standard InChI is InChI=1S/C29H35FN4O5/c1-15-25(29(37)34-19-8-6-18(7-9-19)33-28(36)16(2)35)27-26(32-15)20(10-11-31-27)21-12-22(30)24(38-3)13-23(21)39-14-17-4-5-17/h10-13,16-19,32,35H,4-9,14H2,1-3H3,(H,33,36)(H,34,37)/t16-,18-,19-/m0/s1. The van der Waals surface area contributed by atoms with E-state index in [1.54, 1.807) is 18.3 Å². The van der Waals surface area contributed by atoms with Crippen LogP contribution in [0.25, 0.3) is 22.2 Å². The Balaban J connectivity index is 1.38. The SMILES string of the molecule is COc1cc(OCC2CC2)c(-c2ccnc3c(C(=O)N[C@H]4CC[C@H](NC(=O)[C@H](C)O)CC4)c(C)[nH]c23)cc1F. The Hall–Kier alpha value is -3.66. The van der Waals surface area contributed by atoms with Gasteiger partial charge in [-0.15, -0.1) is 0 Å². The number of aromatic nitrogens is 2. The van der Waals surface area contributed by atoms with Crippen LogP contribution in [0.4, 0.5) is 4.39 Å². The highest BCUT2D eigenvalue weighted by atomic mass is 19.1. The zero-order chi connectivity index (χ0) is 27.7. The van der Waals surface area contributed by atoms with Gasteiger partial charge in [-0.05, 0) is 70.4 Å². The van der Waals surface area contributed by atoms with E-state index >= 15 is 0 Å². The van der Waals surface area contributed by atoms with Gasteiger partial charge in [0.2, 0.25) is 5.91 Å². The molecule has 39 heavy (non-hydrogen) atoms. The Labute approximate surface area is 226 Å². The highest BCUT2D eigenvalue weighted by Crippen LogP contribution is 2.40. The summed E-state index contributed by atoms with van der Waals surface area (Å²) in [6.07, 6.45) is 5.67. The summed E-state index contributed by atoms with van der Waals surface area (Å²) in [6.45, 7) is 3.82. The van der Waals surface area contributed by atoms with Crippen molar-refractivity contribution in [3.05, 3.63) is 41.5 Å². The van der Waals surface area contributed by atoms with Gasteiger partial charge < -0.3 is 30.2 Å². The molecule has 4 N–H and O–H groups in total. The Morgan fingerprint density at radius 1 is 1.10 bits per heavy atom. The highest BCUT2D eigenvalue weighted by Gasteiger charge is 2.28. The van der Waals surface area contributed by atoms with Crippen molar-refractivity contribution < 1.29 is 28.6 Å². The average Bonchev–Trinajstić information content (AvgIpc) is 3.68. The Morgan fingerprint density at radius 3 is 2.44 bits per heavy atom. The van der Waals surface area contributed by atoms with Crippen LogP contribution in [0.15, 0.2) is 24.4 Å². The molecular formula is C29H35FN4O5. The molecule has 0 aliphatic heterocycles. The number of ether oxygens (including phenoxy) is 2. The van der Waals surface area contributed by atoms with E-state index in [1.807, 2.05) is 6.92 Å². The summed E-state index contributed by atoms with van der Waals surface area (Å²) >= 11 is 0. The van der Waals surface area contributed by atoms with Gasteiger partial charge in [-0.2, -0.15) is 0 Å². The monoisotopic (exact) mass is 538 g/mol. The zero-order valence-electron chi connectivity index (χ0n) is 22.5. The van der Waals surface area contributed by atoms with Crippen LogP contribution in [0.3, 0.4) is 0 Å². The van der Waals surface area contributed by atoms with E-state index in [0.717, 1.165) is 12.8 Å². The molecule has 2 aliphatic carbocycles. The molecule has 0 bridgehead atoms. The largest absolute Gasteiger partial charge is 0.494 e. The van der Waals surface area contributed by atoms with E-state index in [2.05, 4.69) is 20.6 Å². The van der Waals surface area contributed by atoms with Gasteiger partial charge in [0.1, 0.15) is 17.4 Å². The fraction of sp³-hybridized carbons (Fsp3) is 0.483. The van der Waals surface area contributed by atoms with Gasteiger partial charge in [-0.25, -0.2) is 4.39 Å². The molecule has 208 valence electrons. The highest BCUT2D eigenvalue weighted by molar-refractivity contribution is 6.09. The van der Waals surface area contributed by atoms with Crippen molar-refractivity contribution in [2.75, 3.05) is 13.7 Å². The number of pyridine rings is 1.